The molecule has 0 N–H and O–H groups in total. The van der Waals surface area contributed by atoms with Crippen molar-refractivity contribution in [2.75, 3.05) is 13.1 Å². The molecule has 0 saturated carbocycles. The van der Waals surface area contributed by atoms with Crippen LogP contribution < -0.4 is 0 Å². The van der Waals surface area contributed by atoms with E-state index >= 15 is 0 Å². The summed E-state index contributed by atoms with van der Waals surface area (Å²) >= 11 is 1.22. The number of carbonyl (C=O) groups excluding carboxylic acids is 1. The number of hydrogen-bond acceptors (Lipinski definition) is 3. The molecule has 2 aromatic rings. The van der Waals surface area contributed by atoms with Gasteiger partial charge in [-0.3, -0.25) is 9.69 Å². The lowest BCUT2D eigenvalue weighted by molar-refractivity contribution is -0.126. The molecule has 1 aromatic carbocycles. The van der Waals surface area contributed by atoms with Crippen LogP contribution in [0.1, 0.15) is 48.3 Å². The van der Waals surface area contributed by atoms with Crippen LogP contribution in [0, 0.1) is 11.8 Å². The topological polar surface area (TPSA) is 20.3 Å². The van der Waals surface area contributed by atoms with E-state index in [4.69, 9.17) is 0 Å². The van der Waals surface area contributed by atoms with Gasteiger partial charge in [0.05, 0.1) is 11.3 Å². The maximum atomic E-state index is 13.0. The van der Waals surface area contributed by atoms with Crippen LogP contribution in [0.5, 0.6) is 0 Å². The van der Waals surface area contributed by atoms with Crippen molar-refractivity contribution in [3.05, 3.63) is 34.7 Å². The van der Waals surface area contributed by atoms with E-state index < -0.39 is 12.6 Å². The number of piperidine rings is 3. The van der Waals surface area contributed by atoms with Crippen LogP contribution in [0.4, 0.5) is 13.2 Å². The number of ketones is 1. The standard InChI is InChI=1S/C21H24F3NOS/c1-20(2)16(13-6-8-25(20)9-7-13)11-17(26)18-10-14-4-3-5-15(19(14)27-18)12-21(22,23)24/h3-5,10,13,16H,6-9,11-12H2,1-2H3/t16-/m1/s1. The van der Waals surface area contributed by atoms with Gasteiger partial charge in [-0.2, -0.15) is 13.2 Å². The largest absolute Gasteiger partial charge is 0.393 e. The van der Waals surface area contributed by atoms with E-state index in [9.17, 15) is 18.0 Å². The summed E-state index contributed by atoms with van der Waals surface area (Å²) in [6.45, 7) is 6.66. The van der Waals surface area contributed by atoms with E-state index in [2.05, 4.69) is 18.7 Å². The van der Waals surface area contributed by atoms with Crippen molar-refractivity contribution in [2.24, 2.45) is 11.8 Å². The molecule has 1 aromatic heterocycles. The maximum Gasteiger partial charge on any atom is 0.393 e. The van der Waals surface area contributed by atoms with E-state index in [0.29, 0.717) is 27.8 Å². The highest BCUT2D eigenvalue weighted by Crippen LogP contribution is 2.46. The van der Waals surface area contributed by atoms with Gasteiger partial charge in [0.2, 0.25) is 0 Å². The number of carbonyl (C=O) groups is 1. The van der Waals surface area contributed by atoms with Gasteiger partial charge < -0.3 is 0 Å². The summed E-state index contributed by atoms with van der Waals surface area (Å²) in [7, 11) is 0. The van der Waals surface area contributed by atoms with Gasteiger partial charge in [-0.25, -0.2) is 0 Å². The van der Waals surface area contributed by atoms with Crippen LogP contribution in [0.25, 0.3) is 10.1 Å². The van der Waals surface area contributed by atoms with Gasteiger partial charge in [0.1, 0.15) is 0 Å². The molecule has 0 amide bonds. The van der Waals surface area contributed by atoms with Gasteiger partial charge in [-0.15, -0.1) is 11.3 Å². The quantitative estimate of drug-likeness (QED) is 0.619. The zero-order valence-electron chi connectivity index (χ0n) is 15.6. The predicted molar refractivity (Wildman–Crippen MR) is 102 cm³/mol. The van der Waals surface area contributed by atoms with Gasteiger partial charge in [-0.1, -0.05) is 18.2 Å². The monoisotopic (exact) mass is 395 g/mol. The summed E-state index contributed by atoms with van der Waals surface area (Å²) in [4.78, 5) is 16.1. The van der Waals surface area contributed by atoms with Crippen molar-refractivity contribution in [3.63, 3.8) is 0 Å². The molecule has 3 fully saturated rings. The Morgan fingerprint density at radius 3 is 2.59 bits per heavy atom. The van der Waals surface area contributed by atoms with Crippen molar-refractivity contribution < 1.29 is 18.0 Å². The zero-order valence-corrected chi connectivity index (χ0v) is 16.4. The molecule has 0 unspecified atom stereocenters. The van der Waals surface area contributed by atoms with Crippen molar-refractivity contribution in [1.82, 2.24) is 4.90 Å². The molecule has 6 heteroatoms. The van der Waals surface area contributed by atoms with Gasteiger partial charge in [0, 0.05) is 16.7 Å². The highest BCUT2D eigenvalue weighted by atomic mass is 32.1. The van der Waals surface area contributed by atoms with Crippen molar-refractivity contribution >= 4 is 27.2 Å². The van der Waals surface area contributed by atoms with Crippen LogP contribution in [0.3, 0.4) is 0 Å². The Morgan fingerprint density at radius 2 is 1.96 bits per heavy atom. The first kappa shape index (κ1) is 18.9. The molecular formula is C21H24F3NOS. The highest BCUT2D eigenvalue weighted by molar-refractivity contribution is 7.21. The summed E-state index contributed by atoms with van der Waals surface area (Å²) in [6, 6.07) is 6.72. The average molecular weight is 395 g/mol. The summed E-state index contributed by atoms with van der Waals surface area (Å²) in [6.07, 6.45) is -2.43. The van der Waals surface area contributed by atoms with Crippen molar-refractivity contribution in [1.29, 1.82) is 0 Å². The number of fused-ring (bicyclic) bond motifs is 4. The highest BCUT2D eigenvalue weighted by Gasteiger charge is 2.48. The van der Waals surface area contributed by atoms with Gasteiger partial charge in [-0.05, 0) is 68.6 Å². The fourth-order valence-electron chi connectivity index (χ4n) is 5.02. The molecule has 0 spiro atoms. The summed E-state index contributed by atoms with van der Waals surface area (Å²) < 4.78 is 39.1. The van der Waals surface area contributed by atoms with Gasteiger partial charge in [0.25, 0.3) is 0 Å². The Morgan fingerprint density at radius 1 is 1.26 bits per heavy atom. The molecular weight excluding hydrogens is 371 g/mol. The molecule has 27 heavy (non-hydrogen) atoms. The summed E-state index contributed by atoms with van der Waals surface area (Å²) in [5.41, 5.74) is 0.266. The van der Waals surface area contributed by atoms with Gasteiger partial charge >= 0.3 is 6.18 Å². The first-order valence-corrected chi connectivity index (χ1v) is 10.3. The van der Waals surface area contributed by atoms with Crippen molar-refractivity contribution in [3.8, 4) is 0 Å². The Balaban J connectivity index is 1.59. The molecule has 146 valence electrons. The molecule has 3 saturated heterocycles. The third-order valence-corrected chi connectivity index (χ3v) is 7.80. The lowest BCUT2D eigenvalue weighted by Crippen LogP contribution is -2.61. The molecule has 0 aliphatic carbocycles. The van der Waals surface area contributed by atoms with E-state index in [0.717, 1.165) is 31.3 Å². The molecule has 2 nitrogen and oxygen atoms in total. The fourth-order valence-corrected chi connectivity index (χ4v) is 6.14. The number of nitrogens with zero attached hydrogens (tertiary/aromatic N) is 1. The Kier molecular flexibility index (Phi) is 4.62. The first-order chi connectivity index (χ1) is 12.6. The van der Waals surface area contributed by atoms with Crippen LogP contribution >= 0.6 is 11.3 Å². The van der Waals surface area contributed by atoms with E-state index in [1.54, 1.807) is 18.2 Å². The van der Waals surface area contributed by atoms with Gasteiger partial charge in [0.15, 0.2) is 5.78 Å². The minimum atomic E-state index is -4.25. The number of hydrogen-bond donors (Lipinski definition) is 0. The van der Waals surface area contributed by atoms with E-state index in [1.807, 2.05) is 0 Å². The van der Waals surface area contributed by atoms with E-state index in [1.165, 1.54) is 17.4 Å². The molecule has 1 atom stereocenters. The van der Waals surface area contributed by atoms with Crippen LogP contribution in [-0.2, 0) is 6.42 Å². The lowest BCUT2D eigenvalue weighted by Gasteiger charge is -2.56. The summed E-state index contributed by atoms with van der Waals surface area (Å²) in [5, 5.41) is 0.735. The molecule has 5 rings (SSSR count). The number of Topliss-reactive ketones (excluding diaryl/α,β-unsaturated/α-hetero) is 1. The lowest BCUT2D eigenvalue weighted by atomic mass is 9.65. The average Bonchev–Trinajstić information content (AvgIpc) is 3.02. The SMILES string of the molecule is CC1(C)[C@H](CC(=O)c2cc3cccc(CC(F)(F)F)c3s2)C2CCN1CC2. The third-order valence-electron chi connectivity index (χ3n) is 6.53. The minimum Gasteiger partial charge on any atom is -0.298 e. The van der Waals surface area contributed by atoms with Crippen LogP contribution in [0.15, 0.2) is 24.3 Å². The first-order valence-electron chi connectivity index (χ1n) is 9.51. The molecule has 3 aliphatic rings. The number of halogens is 3. The second kappa shape index (κ2) is 6.59. The number of thiophene rings is 1. The number of benzene rings is 1. The second-order valence-electron chi connectivity index (χ2n) is 8.45. The minimum absolute atomic E-state index is 0.00888. The number of rotatable bonds is 4. The molecule has 4 heterocycles. The molecule has 0 radical (unpaired) electrons. The number of alkyl halides is 3. The Bertz CT molecular complexity index is 862. The summed E-state index contributed by atoms with van der Waals surface area (Å²) in [5.74, 6) is 0.956. The Hall–Kier alpha value is -1.40. The second-order valence-corrected chi connectivity index (χ2v) is 9.50. The predicted octanol–water partition coefficient (Wildman–Crippen LogP) is 5.70. The van der Waals surface area contributed by atoms with Crippen LogP contribution in [-0.4, -0.2) is 35.5 Å². The molecule has 2 bridgehead atoms. The normalized spacial score (nSPS) is 27.2. The fraction of sp³-hybridized carbons (Fsp3) is 0.571. The Labute approximate surface area is 161 Å². The maximum absolute atomic E-state index is 13.0. The smallest absolute Gasteiger partial charge is 0.298 e. The molecule has 3 aliphatic heterocycles. The third kappa shape index (κ3) is 3.54. The van der Waals surface area contributed by atoms with E-state index in [-0.39, 0.29) is 16.9 Å². The van der Waals surface area contributed by atoms with Crippen LogP contribution in [0.2, 0.25) is 0 Å². The van der Waals surface area contributed by atoms with Crippen molar-refractivity contribution in [2.45, 2.75) is 51.2 Å². The zero-order chi connectivity index (χ0) is 19.4.